The van der Waals surface area contributed by atoms with E-state index >= 15 is 0 Å². The van der Waals surface area contributed by atoms with Crippen molar-refractivity contribution < 1.29 is 9.47 Å². The number of ether oxygens (including phenoxy) is 2. The van der Waals surface area contributed by atoms with Crippen LogP contribution in [0.1, 0.15) is 10.4 Å². The Balaban J connectivity index is 2.05. The molecular weight excluding hydrogens is 258 g/mol. The summed E-state index contributed by atoms with van der Waals surface area (Å²) in [5.41, 5.74) is 7.33. The van der Waals surface area contributed by atoms with E-state index in [2.05, 4.69) is 17.5 Å². The van der Waals surface area contributed by atoms with Gasteiger partial charge in [-0.2, -0.15) is 0 Å². The zero-order chi connectivity index (χ0) is 13.7. The van der Waals surface area contributed by atoms with Crippen LogP contribution in [0.2, 0.25) is 0 Å². The van der Waals surface area contributed by atoms with Gasteiger partial charge in [-0.1, -0.05) is 12.1 Å². The van der Waals surface area contributed by atoms with Gasteiger partial charge in [0.15, 0.2) is 0 Å². The SMILES string of the molecule is COc1ccc(CC(N)Cc2cccs2)c(OC)c1. The first-order valence-corrected chi connectivity index (χ1v) is 7.09. The summed E-state index contributed by atoms with van der Waals surface area (Å²) in [5, 5.41) is 2.08. The first-order chi connectivity index (χ1) is 9.22. The van der Waals surface area contributed by atoms with Crippen molar-refractivity contribution in [3.63, 3.8) is 0 Å². The molecule has 1 atom stereocenters. The summed E-state index contributed by atoms with van der Waals surface area (Å²) in [6.45, 7) is 0. The maximum Gasteiger partial charge on any atom is 0.125 e. The summed E-state index contributed by atoms with van der Waals surface area (Å²) in [6.07, 6.45) is 1.69. The number of benzene rings is 1. The number of rotatable bonds is 6. The summed E-state index contributed by atoms with van der Waals surface area (Å²) < 4.78 is 10.6. The van der Waals surface area contributed by atoms with Crippen LogP contribution in [0.5, 0.6) is 11.5 Å². The van der Waals surface area contributed by atoms with Gasteiger partial charge in [-0.05, 0) is 35.9 Å². The summed E-state index contributed by atoms with van der Waals surface area (Å²) >= 11 is 1.75. The van der Waals surface area contributed by atoms with Gasteiger partial charge in [-0.15, -0.1) is 11.3 Å². The number of hydrogen-bond donors (Lipinski definition) is 1. The van der Waals surface area contributed by atoms with Crippen LogP contribution in [-0.2, 0) is 12.8 Å². The molecule has 1 aromatic heterocycles. The summed E-state index contributed by atoms with van der Waals surface area (Å²) in [5.74, 6) is 1.63. The molecule has 0 aliphatic carbocycles. The maximum atomic E-state index is 6.21. The molecule has 2 rings (SSSR count). The predicted molar refractivity (Wildman–Crippen MR) is 79.2 cm³/mol. The Morgan fingerprint density at radius 3 is 2.63 bits per heavy atom. The van der Waals surface area contributed by atoms with E-state index in [4.69, 9.17) is 15.2 Å². The van der Waals surface area contributed by atoms with E-state index in [0.29, 0.717) is 0 Å². The third-order valence-corrected chi connectivity index (χ3v) is 3.92. The third-order valence-electron chi connectivity index (χ3n) is 3.02. The molecule has 102 valence electrons. The van der Waals surface area contributed by atoms with Gasteiger partial charge in [0.05, 0.1) is 14.2 Å². The Labute approximate surface area is 118 Å². The van der Waals surface area contributed by atoms with Crippen molar-refractivity contribution >= 4 is 11.3 Å². The minimum atomic E-state index is 0.0981. The Bertz CT molecular complexity index is 511. The minimum Gasteiger partial charge on any atom is -0.497 e. The van der Waals surface area contributed by atoms with E-state index in [-0.39, 0.29) is 6.04 Å². The van der Waals surface area contributed by atoms with Crippen molar-refractivity contribution in [1.82, 2.24) is 0 Å². The molecule has 1 aromatic carbocycles. The van der Waals surface area contributed by atoms with Crippen molar-refractivity contribution in [3.05, 3.63) is 46.2 Å². The predicted octanol–water partition coefficient (Wildman–Crippen LogP) is 2.88. The topological polar surface area (TPSA) is 44.5 Å². The van der Waals surface area contributed by atoms with E-state index in [9.17, 15) is 0 Å². The lowest BCUT2D eigenvalue weighted by molar-refractivity contribution is 0.390. The second kappa shape index (κ2) is 6.59. The smallest absolute Gasteiger partial charge is 0.125 e. The molecule has 0 aliphatic heterocycles. The van der Waals surface area contributed by atoms with Crippen LogP contribution in [0.25, 0.3) is 0 Å². The van der Waals surface area contributed by atoms with Crippen LogP contribution in [-0.4, -0.2) is 20.3 Å². The molecular formula is C15H19NO2S. The molecule has 0 fully saturated rings. The molecule has 1 heterocycles. The highest BCUT2D eigenvalue weighted by molar-refractivity contribution is 7.09. The lowest BCUT2D eigenvalue weighted by atomic mass is 10.0. The standard InChI is InChI=1S/C15H19NO2S/c1-17-13-6-5-11(15(10-13)18-2)8-12(16)9-14-4-3-7-19-14/h3-7,10,12H,8-9,16H2,1-2H3. The molecule has 0 amide bonds. The number of nitrogens with two attached hydrogens (primary N) is 1. The summed E-state index contributed by atoms with van der Waals surface area (Å²) in [6, 6.07) is 10.1. The second-order valence-electron chi connectivity index (χ2n) is 4.43. The van der Waals surface area contributed by atoms with Gasteiger partial charge in [-0.3, -0.25) is 0 Å². The number of hydrogen-bond acceptors (Lipinski definition) is 4. The van der Waals surface area contributed by atoms with E-state index in [1.807, 2.05) is 18.2 Å². The molecule has 0 radical (unpaired) electrons. The molecule has 4 heteroatoms. The fourth-order valence-corrected chi connectivity index (χ4v) is 2.86. The average molecular weight is 277 g/mol. The maximum absolute atomic E-state index is 6.21. The Kier molecular flexibility index (Phi) is 4.82. The summed E-state index contributed by atoms with van der Waals surface area (Å²) in [7, 11) is 3.32. The van der Waals surface area contributed by atoms with Gasteiger partial charge in [-0.25, -0.2) is 0 Å². The summed E-state index contributed by atoms with van der Waals surface area (Å²) in [4.78, 5) is 1.32. The lowest BCUT2D eigenvalue weighted by Gasteiger charge is -2.14. The highest BCUT2D eigenvalue weighted by Gasteiger charge is 2.11. The van der Waals surface area contributed by atoms with E-state index in [1.165, 1.54) is 4.88 Å². The highest BCUT2D eigenvalue weighted by Crippen LogP contribution is 2.26. The molecule has 0 aliphatic rings. The van der Waals surface area contributed by atoms with Crippen molar-refractivity contribution in [2.24, 2.45) is 5.73 Å². The zero-order valence-electron chi connectivity index (χ0n) is 11.3. The first-order valence-electron chi connectivity index (χ1n) is 6.21. The van der Waals surface area contributed by atoms with Crippen molar-refractivity contribution in [2.75, 3.05) is 14.2 Å². The van der Waals surface area contributed by atoms with Crippen LogP contribution >= 0.6 is 11.3 Å². The van der Waals surface area contributed by atoms with Gasteiger partial charge < -0.3 is 15.2 Å². The molecule has 0 saturated heterocycles. The van der Waals surface area contributed by atoms with Crippen LogP contribution in [0.15, 0.2) is 35.7 Å². The molecule has 2 aromatic rings. The molecule has 0 saturated carbocycles. The van der Waals surface area contributed by atoms with Crippen molar-refractivity contribution in [2.45, 2.75) is 18.9 Å². The highest BCUT2D eigenvalue weighted by atomic mass is 32.1. The Morgan fingerprint density at radius 1 is 1.16 bits per heavy atom. The molecule has 2 N–H and O–H groups in total. The number of methoxy groups -OCH3 is 2. The molecule has 1 unspecified atom stereocenters. The first kappa shape index (κ1) is 13.9. The van der Waals surface area contributed by atoms with Crippen molar-refractivity contribution in [3.8, 4) is 11.5 Å². The fourth-order valence-electron chi connectivity index (χ4n) is 2.06. The average Bonchev–Trinajstić information content (AvgIpc) is 2.91. The second-order valence-corrected chi connectivity index (χ2v) is 5.46. The van der Waals surface area contributed by atoms with Crippen LogP contribution in [0, 0.1) is 0 Å². The zero-order valence-corrected chi connectivity index (χ0v) is 12.1. The quantitative estimate of drug-likeness (QED) is 0.883. The van der Waals surface area contributed by atoms with Crippen LogP contribution in [0.4, 0.5) is 0 Å². The third kappa shape index (κ3) is 3.72. The molecule has 0 bridgehead atoms. The number of thiophene rings is 1. The normalized spacial score (nSPS) is 12.2. The van der Waals surface area contributed by atoms with Gasteiger partial charge >= 0.3 is 0 Å². The van der Waals surface area contributed by atoms with E-state index in [0.717, 1.165) is 29.9 Å². The lowest BCUT2D eigenvalue weighted by Crippen LogP contribution is -2.25. The Morgan fingerprint density at radius 2 is 2.00 bits per heavy atom. The monoisotopic (exact) mass is 277 g/mol. The van der Waals surface area contributed by atoms with Crippen molar-refractivity contribution in [1.29, 1.82) is 0 Å². The molecule has 19 heavy (non-hydrogen) atoms. The molecule has 3 nitrogen and oxygen atoms in total. The Hall–Kier alpha value is -1.52. The van der Waals surface area contributed by atoms with Gasteiger partial charge in [0.2, 0.25) is 0 Å². The largest absolute Gasteiger partial charge is 0.497 e. The van der Waals surface area contributed by atoms with Gasteiger partial charge in [0.25, 0.3) is 0 Å². The van der Waals surface area contributed by atoms with Crippen LogP contribution in [0.3, 0.4) is 0 Å². The van der Waals surface area contributed by atoms with E-state index < -0.39 is 0 Å². The fraction of sp³-hybridized carbons (Fsp3) is 0.333. The molecule has 0 spiro atoms. The van der Waals surface area contributed by atoms with Crippen LogP contribution < -0.4 is 15.2 Å². The van der Waals surface area contributed by atoms with Gasteiger partial charge in [0, 0.05) is 17.0 Å². The van der Waals surface area contributed by atoms with Gasteiger partial charge in [0.1, 0.15) is 11.5 Å². The minimum absolute atomic E-state index is 0.0981. The van der Waals surface area contributed by atoms with E-state index in [1.54, 1.807) is 25.6 Å².